The summed E-state index contributed by atoms with van der Waals surface area (Å²) in [7, 11) is 0. The van der Waals surface area contributed by atoms with Gasteiger partial charge in [-0.25, -0.2) is 0 Å². The highest BCUT2D eigenvalue weighted by molar-refractivity contribution is 7.19. The Labute approximate surface area is 182 Å². The monoisotopic (exact) mass is 416 g/mol. The van der Waals surface area contributed by atoms with Crippen molar-refractivity contribution in [2.24, 2.45) is 0 Å². The van der Waals surface area contributed by atoms with E-state index in [0.717, 1.165) is 4.88 Å². The summed E-state index contributed by atoms with van der Waals surface area (Å²) in [5, 5.41) is 14.7. The van der Waals surface area contributed by atoms with Crippen molar-refractivity contribution in [2.75, 3.05) is 0 Å². The summed E-state index contributed by atoms with van der Waals surface area (Å²) in [5.74, 6) is 0.630. The standard InChI is InChI=1S/C25H28N4S/c1-24(2,3)18-11-7-16(8-12-18)20-15-21(23-26-28-29-27-23)30-22(20)17-9-13-19(14-10-17)25(4,5)6/h7-15H,1-6H3,(H,26,27,28,29). The lowest BCUT2D eigenvalue weighted by Gasteiger charge is -2.20. The molecular formula is C25H28N4S. The van der Waals surface area contributed by atoms with Crippen molar-refractivity contribution >= 4 is 11.3 Å². The second-order valence-corrected chi connectivity index (χ2v) is 10.8. The van der Waals surface area contributed by atoms with E-state index in [2.05, 4.69) is 117 Å². The van der Waals surface area contributed by atoms with Crippen molar-refractivity contribution in [1.82, 2.24) is 20.6 Å². The fourth-order valence-corrected chi connectivity index (χ4v) is 4.58. The number of aromatic amines is 1. The second-order valence-electron chi connectivity index (χ2n) is 9.74. The van der Waals surface area contributed by atoms with Gasteiger partial charge in [-0.05, 0) is 44.4 Å². The van der Waals surface area contributed by atoms with Gasteiger partial charge in [0.2, 0.25) is 5.82 Å². The Balaban J connectivity index is 1.81. The van der Waals surface area contributed by atoms with Crippen molar-refractivity contribution in [3.63, 3.8) is 0 Å². The summed E-state index contributed by atoms with van der Waals surface area (Å²) in [6, 6.07) is 20.0. The first-order chi connectivity index (χ1) is 14.1. The second kappa shape index (κ2) is 7.47. The summed E-state index contributed by atoms with van der Waals surface area (Å²) in [4.78, 5) is 2.23. The van der Waals surface area contributed by atoms with Gasteiger partial charge in [0.1, 0.15) is 0 Å². The van der Waals surface area contributed by atoms with Crippen LogP contribution in [0.15, 0.2) is 54.6 Å². The third-order valence-electron chi connectivity index (χ3n) is 5.37. The molecule has 1 N–H and O–H groups in total. The quantitative estimate of drug-likeness (QED) is 0.397. The molecule has 5 heteroatoms. The number of benzene rings is 2. The van der Waals surface area contributed by atoms with Crippen LogP contribution in [0.5, 0.6) is 0 Å². The molecule has 0 saturated carbocycles. The van der Waals surface area contributed by atoms with Crippen LogP contribution in [0.4, 0.5) is 0 Å². The van der Waals surface area contributed by atoms with Gasteiger partial charge in [0.15, 0.2) is 0 Å². The number of hydrogen-bond donors (Lipinski definition) is 1. The van der Waals surface area contributed by atoms with E-state index < -0.39 is 0 Å². The minimum Gasteiger partial charge on any atom is -0.177 e. The maximum atomic E-state index is 4.18. The Morgan fingerprint density at radius 2 is 1.27 bits per heavy atom. The summed E-state index contributed by atoms with van der Waals surface area (Å²) >= 11 is 1.70. The maximum absolute atomic E-state index is 4.18. The third-order valence-corrected chi connectivity index (χ3v) is 6.55. The van der Waals surface area contributed by atoms with Crippen molar-refractivity contribution in [3.05, 3.63) is 65.7 Å². The molecule has 0 atom stereocenters. The smallest absolute Gasteiger partial charge is 0.177 e. The summed E-state index contributed by atoms with van der Waals surface area (Å²) in [6.45, 7) is 13.4. The van der Waals surface area contributed by atoms with E-state index in [1.807, 2.05) is 0 Å². The van der Waals surface area contributed by atoms with Crippen LogP contribution in [0, 0.1) is 0 Å². The zero-order valence-electron chi connectivity index (χ0n) is 18.4. The molecule has 2 aromatic carbocycles. The highest BCUT2D eigenvalue weighted by atomic mass is 32.1. The fourth-order valence-electron chi connectivity index (χ4n) is 3.47. The first-order valence-electron chi connectivity index (χ1n) is 10.2. The van der Waals surface area contributed by atoms with Gasteiger partial charge in [-0.3, -0.25) is 0 Å². The van der Waals surface area contributed by atoms with Crippen LogP contribution in [0.3, 0.4) is 0 Å². The van der Waals surface area contributed by atoms with Gasteiger partial charge in [-0.15, -0.1) is 21.5 Å². The highest BCUT2D eigenvalue weighted by Crippen LogP contribution is 2.43. The molecule has 2 aromatic heterocycles. The van der Waals surface area contributed by atoms with Gasteiger partial charge in [0.05, 0.1) is 4.88 Å². The molecular weight excluding hydrogens is 388 g/mol. The SMILES string of the molecule is CC(C)(C)c1ccc(-c2cc(-c3nn[nH]n3)sc2-c2ccc(C(C)(C)C)cc2)cc1. The fraction of sp³-hybridized carbons (Fsp3) is 0.320. The van der Waals surface area contributed by atoms with Crippen LogP contribution in [0.1, 0.15) is 52.7 Å². The number of rotatable bonds is 3. The van der Waals surface area contributed by atoms with Crippen LogP contribution in [-0.4, -0.2) is 20.6 Å². The summed E-state index contributed by atoms with van der Waals surface area (Å²) in [6.07, 6.45) is 0. The molecule has 4 nitrogen and oxygen atoms in total. The Hall–Kier alpha value is -2.79. The number of nitrogens with one attached hydrogen (secondary N) is 1. The van der Waals surface area contributed by atoms with E-state index in [1.54, 1.807) is 11.3 Å². The van der Waals surface area contributed by atoms with E-state index >= 15 is 0 Å². The molecule has 0 aliphatic carbocycles. The number of H-pyrrole nitrogens is 1. The summed E-state index contributed by atoms with van der Waals surface area (Å²) in [5.41, 5.74) is 6.53. The van der Waals surface area contributed by atoms with Gasteiger partial charge in [0.25, 0.3) is 0 Å². The van der Waals surface area contributed by atoms with Gasteiger partial charge < -0.3 is 0 Å². The predicted molar refractivity (Wildman–Crippen MR) is 126 cm³/mol. The van der Waals surface area contributed by atoms with Crippen molar-refractivity contribution < 1.29 is 0 Å². The van der Waals surface area contributed by atoms with Crippen molar-refractivity contribution in [1.29, 1.82) is 0 Å². The molecule has 0 saturated heterocycles. The number of tetrazole rings is 1. The lowest BCUT2D eigenvalue weighted by molar-refractivity contribution is 0.590. The Morgan fingerprint density at radius 1 is 0.733 bits per heavy atom. The van der Waals surface area contributed by atoms with E-state index in [4.69, 9.17) is 0 Å². The molecule has 154 valence electrons. The first kappa shape index (κ1) is 20.5. The molecule has 0 aliphatic heterocycles. The minimum absolute atomic E-state index is 0.134. The van der Waals surface area contributed by atoms with Crippen LogP contribution in [0.25, 0.3) is 32.3 Å². The lowest BCUT2D eigenvalue weighted by atomic mass is 9.85. The normalized spacial score (nSPS) is 12.3. The van der Waals surface area contributed by atoms with Gasteiger partial charge >= 0.3 is 0 Å². The predicted octanol–water partition coefficient (Wildman–Crippen LogP) is 6.86. The number of nitrogens with zero attached hydrogens (tertiary/aromatic N) is 3. The summed E-state index contributed by atoms with van der Waals surface area (Å²) < 4.78 is 0. The number of aromatic nitrogens is 4. The molecule has 0 unspecified atom stereocenters. The van der Waals surface area contributed by atoms with Gasteiger partial charge in [0, 0.05) is 10.4 Å². The Bertz CT molecular complexity index is 1050. The van der Waals surface area contributed by atoms with Crippen LogP contribution < -0.4 is 0 Å². The van der Waals surface area contributed by atoms with Gasteiger partial charge in [-0.1, -0.05) is 90.1 Å². The van der Waals surface area contributed by atoms with Gasteiger partial charge in [-0.2, -0.15) is 5.21 Å². The molecule has 0 aliphatic rings. The average molecular weight is 417 g/mol. The zero-order valence-corrected chi connectivity index (χ0v) is 19.3. The van der Waals surface area contributed by atoms with Crippen molar-refractivity contribution in [2.45, 2.75) is 52.4 Å². The van der Waals surface area contributed by atoms with Crippen LogP contribution in [0.2, 0.25) is 0 Å². The molecule has 0 fully saturated rings. The average Bonchev–Trinajstić information content (AvgIpc) is 3.37. The van der Waals surface area contributed by atoms with Crippen molar-refractivity contribution in [3.8, 4) is 32.3 Å². The first-order valence-corrected chi connectivity index (χ1v) is 11.0. The van der Waals surface area contributed by atoms with E-state index in [9.17, 15) is 0 Å². The van der Waals surface area contributed by atoms with Crippen LogP contribution in [-0.2, 0) is 10.8 Å². The van der Waals surface area contributed by atoms with Crippen LogP contribution >= 0.6 is 11.3 Å². The molecule has 4 aromatic rings. The molecule has 0 radical (unpaired) electrons. The number of thiophene rings is 1. The Kier molecular flexibility index (Phi) is 5.10. The largest absolute Gasteiger partial charge is 0.214 e. The van der Waals surface area contributed by atoms with E-state index in [1.165, 1.54) is 32.7 Å². The lowest BCUT2D eigenvalue weighted by Crippen LogP contribution is -2.10. The zero-order chi connectivity index (χ0) is 21.5. The molecule has 2 heterocycles. The topological polar surface area (TPSA) is 54.5 Å². The molecule has 0 amide bonds. The maximum Gasteiger partial charge on any atom is 0.214 e. The Morgan fingerprint density at radius 3 is 1.73 bits per heavy atom. The molecule has 4 rings (SSSR count). The molecule has 0 bridgehead atoms. The van der Waals surface area contributed by atoms with E-state index in [0.29, 0.717) is 5.82 Å². The molecule has 0 spiro atoms. The third kappa shape index (κ3) is 4.08. The number of hydrogen-bond acceptors (Lipinski definition) is 4. The minimum atomic E-state index is 0.134. The molecule has 30 heavy (non-hydrogen) atoms. The highest BCUT2D eigenvalue weighted by Gasteiger charge is 2.19. The van der Waals surface area contributed by atoms with E-state index in [-0.39, 0.29) is 10.8 Å².